The highest BCUT2D eigenvalue weighted by atomic mass is 16.5. The van der Waals surface area contributed by atoms with Gasteiger partial charge in [0.2, 0.25) is 5.43 Å². The lowest BCUT2D eigenvalue weighted by molar-refractivity contribution is -0.00102. The minimum atomic E-state index is -0.196. The van der Waals surface area contributed by atoms with E-state index in [9.17, 15) is 9.59 Å². The molecule has 1 aromatic heterocycles. The van der Waals surface area contributed by atoms with Crippen LogP contribution in [0.5, 0.6) is 0 Å². The van der Waals surface area contributed by atoms with E-state index in [1.807, 2.05) is 25.1 Å². The lowest BCUT2D eigenvalue weighted by atomic mass is 9.79. The number of amides is 1. The SMILES string of the molecule is COCCC1(C)CN(C(=O)c2c[nH]c3ccc(C)cc3c2=O)C1. The largest absolute Gasteiger partial charge is 0.385 e. The molecule has 0 unspecified atom stereocenters. The molecule has 23 heavy (non-hydrogen) atoms. The van der Waals surface area contributed by atoms with Crippen molar-refractivity contribution < 1.29 is 9.53 Å². The fourth-order valence-corrected chi connectivity index (χ4v) is 3.19. The van der Waals surface area contributed by atoms with Crippen molar-refractivity contribution in [2.24, 2.45) is 5.41 Å². The zero-order valence-electron chi connectivity index (χ0n) is 13.8. The summed E-state index contributed by atoms with van der Waals surface area (Å²) in [4.78, 5) is 30.0. The first-order valence-electron chi connectivity index (χ1n) is 7.84. The number of carbonyl (C=O) groups excluding carboxylic acids is 1. The van der Waals surface area contributed by atoms with E-state index in [4.69, 9.17) is 4.74 Å². The molecule has 1 N–H and O–H groups in total. The lowest BCUT2D eigenvalue weighted by Crippen LogP contribution is -2.57. The molecule has 1 amide bonds. The van der Waals surface area contributed by atoms with Gasteiger partial charge in [0.05, 0.1) is 0 Å². The number of rotatable bonds is 4. The van der Waals surface area contributed by atoms with Crippen LogP contribution in [0.4, 0.5) is 0 Å². The Labute approximate surface area is 135 Å². The number of pyridine rings is 1. The highest BCUT2D eigenvalue weighted by molar-refractivity contribution is 5.97. The number of aromatic nitrogens is 1. The molecule has 1 aliphatic rings. The number of fused-ring (bicyclic) bond motifs is 1. The predicted octanol–water partition coefficient (Wildman–Crippen LogP) is 2.34. The van der Waals surface area contributed by atoms with Gasteiger partial charge in [0.15, 0.2) is 0 Å². The van der Waals surface area contributed by atoms with Crippen LogP contribution >= 0.6 is 0 Å². The van der Waals surface area contributed by atoms with Gasteiger partial charge in [-0.05, 0) is 25.5 Å². The minimum Gasteiger partial charge on any atom is -0.385 e. The van der Waals surface area contributed by atoms with Crippen LogP contribution in [0.25, 0.3) is 10.9 Å². The molecule has 122 valence electrons. The molecule has 5 heteroatoms. The van der Waals surface area contributed by atoms with Crippen LogP contribution < -0.4 is 5.43 Å². The smallest absolute Gasteiger partial charge is 0.259 e. The van der Waals surface area contributed by atoms with Gasteiger partial charge in [-0.3, -0.25) is 9.59 Å². The minimum absolute atomic E-state index is 0.0892. The van der Waals surface area contributed by atoms with Gasteiger partial charge in [0, 0.05) is 49.3 Å². The Balaban J connectivity index is 1.83. The van der Waals surface area contributed by atoms with Crippen LogP contribution in [0.15, 0.2) is 29.2 Å². The zero-order valence-corrected chi connectivity index (χ0v) is 13.8. The van der Waals surface area contributed by atoms with Gasteiger partial charge < -0.3 is 14.6 Å². The summed E-state index contributed by atoms with van der Waals surface area (Å²) in [6.45, 7) is 6.10. The van der Waals surface area contributed by atoms with E-state index >= 15 is 0 Å². The average molecular weight is 314 g/mol. The Morgan fingerprint density at radius 1 is 1.39 bits per heavy atom. The van der Waals surface area contributed by atoms with E-state index in [2.05, 4.69) is 11.9 Å². The van der Waals surface area contributed by atoms with Crippen LogP contribution in [0.3, 0.4) is 0 Å². The second-order valence-electron chi connectivity index (χ2n) is 6.80. The number of aromatic amines is 1. The summed E-state index contributed by atoms with van der Waals surface area (Å²) in [5.74, 6) is -0.190. The Kier molecular flexibility index (Phi) is 3.98. The number of H-pyrrole nitrogens is 1. The summed E-state index contributed by atoms with van der Waals surface area (Å²) in [5.41, 5.74) is 1.87. The molecule has 2 aromatic rings. The van der Waals surface area contributed by atoms with Crippen LogP contribution in [-0.4, -0.2) is 42.6 Å². The fraction of sp³-hybridized carbons (Fsp3) is 0.444. The number of aryl methyl sites for hydroxylation is 1. The molecule has 0 spiro atoms. The molecule has 0 saturated carbocycles. The van der Waals surface area contributed by atoms with Crippen LogP contribution in [0.2, 0.25) is 0 Å². The van der Waals surface area contributed by atoms with Gasteiger partial charge in [-0.15, -0.1) is 0 Å². The summed E-state index contributed by atoms with van der Waals surface area (Å²) in [6.07, 6.45) is 2.45. The zero-order chi connectivity index (χ0) is 16.6. The summed E-state index contributed by atoms with van der Waals surface area (Å²) >= 11 is 0. The number of carbonyl (C=O) groups is 1. The van der Waals surface area contributed by atoms with Gasteiger partial charge >= 0.3 is 0 Å². The highest BCUT2D eigenvalue weighted by Crippen LogP contribution is 2.34. The third-order valence-corrected chi connectivity index (χ3v) is 4.61. The normalized spacial score (nSPS) is 16.4. The Hall–Kier alpha value is -2.14. The van der Waals surface area contributed by atoms with Crippen molar-refractivity contribution in [3.63, 3.8) is 0 Å². The van der Waals surface area contributed by atoms with E-state index in [-0.39, 0.29) is 22.3 Å². The van der Waals surface area contributed by atoms with Gasteiger partial charge in [0.1, 0.15) is 5.56 Å². The van der Waals surface area contributed by atoms with E-state index in [0.29, 0.717) is 25.1 Å². The molecule has 0 aliphatic carbocycles. The van der Waals surface area contributed by atoms with Crippen molar-refractivity contribution in [3.8, 4) is 0 Å². The van der Waals surface area contributed by atoms with Crippen molar-refractivity contribution in [1.82, 2.24) is 9.88 Å². The van der Waals surface area contributed by atoms with E-state index in [1.54, 1.807) is 12.0 Å². The summed E-state index contributed by atoms with van der Waals surface area (Å²) in [7, 11) is 1.68. The quantitative estimate of drug-likeness (QED) is 0.942. The van der Waals surface area contributed by atoms with Gasteiger partial charge in [0.25, 0.3) is 5.91 Å². The maximum absolute atomic E-state index is 12.6. The third-order valence-electron chi connectivity index (χ3n) is 4.61. The third kappa shape index (κ3) is 2.88. The molecule has 0 radical (unpaired) electrons. The van der Waals surface area contributed by atoms with Gasteiger partial charge in [-0.1, -0.05) is 18.6 Å². The van der Waals surface area contributed by atoms with E-state index < -0.39 is 0 Å². The molecular formula is C18H22N2O3. The molecule has 1 saturated heterocycles. The highest BCUT2D eigenvalue weighted by Gasteiger charge is 2.41. The summed E-state index contributed by atoms with van der Waals surface area (Å²) < 4.78 is 5.11. The number of benzene rings is 1. The maximum Gasteiger partial charge on any atom is 0.259 e. The number of likely N-dealkylation sites (tertiary alicyclic amines) is 1. The number of methoxy groups -OCH3 is 1. The number of nitrogens with zero attached hydrogens (tertiary/aromatic N) is 1. The number of nitrogens with one attached hydrogen (secondary N) is 1. The Bertz CT molecular complexity index is 804. The van der Waals surface area contributed by atoms with E-state index in [0.717, 1.165) is 17.5 Å². The van der Waals surface area contributed by atoms with Crippen molar-refractivity contribution >= 4 is 16.8 Å². The molecule has 0 atom stereocenters. The number of hydrogen-bond acceptors (Lipinski definition) is 3. The van der Waals surface area contributed by atoms with E-state index in [1.165, 1.54) is 6.20 Å². The lowest BCUT2D eigenvalue weighted by Gasteiger charge is -2.48. The maximum atomic E-state index is 12.6. The molecular weight excluding hydrogens is 292 g/mol. The van der Waals surface area contributed by atoms with Crippen molar-refractivity contribution in [3.05, 3.63) is 45.7 Å². The fourth-order valence-electron chi connectivity index (χ4n) is 3.19. The Morgan fingerprint density at radius 2 is 2.13 bits per heavy atom. The van der Waals surface area contributed by atoms with Gasteiger partial charge in [-0.25, -0.2) is 0 Å². The van der Waals surface area contributed by atoms with Crippen molar-refractivity contribution in [2.75, 3.05) is 26.8 Å². The number of hydrogen-bond donors (Lipinski definition) is 1. The summed E-state index contributed by atoms with van der Waals surface area (Å²) in [6, 6.07) is 5.63. The molecule has 5 nitrogen and oxygen atoms in total. The van der Waals surface area contributed by atoms with Crippen molar-refractivity contribution in [2.45, 2.75) is 20.3 Å². The van der Waals surface area contributed by atoms with Crippen LogP contribution in [0, 0.1) is 12.3 Å². The topological polar surface area (TPSA) is 62.4 Å². The van der Waals surface area contributed by atoms with Crippen LogP contribution in [0.1, 0.15) is 29.3 Å². The molecule has 1 fully saturated rings. The first-order valence-corrected chi connectivity index (χ1v) is 7.84. The standard InChI is InChI=1S/C18H22N2O3/c1-12-4-5-15-13(8-12)16(21)14(9-19-15)17(22)20-10-18(2,11-20)6-7-23-3/h4-5,8-9H,6-7,10-11H2,1-3H3,(H,19,21). The van der Waals surface area contributed by atoms with Gasteiger partial charge in [-0.2, -0.15) is 0 Å². The second kappa shape index (κ2) is 5.81. The molecule has 1 aromatic carbocycles. The molecule has 2 heterocycles. The Morgan fingerprint density at radius 3 is 2.83 bits per heavy atom. The first kappa shape index (κ1) is 15.7. The molecule has 1 aliphatic heterocycles. The monoisotopic (exact) mass is 314 g/mol. The second-order valence-corrected chi connectivity index (χ2v) is 6.80. The molecule has 3 rings (SSSR count). The molecule has 0 bridgehead atoms. The van der Waals surface area contributed by atoms with Crippen LogP contribution in [-0.2, 0) is 4.74 Å². The predicted molar refractivity (Wildman–Crippen MR) is 89.8 cm³/mol. The number of ether oxygens (including phenoxy) is 1. The first-order chi connectivity index (χ1) is 10.9. The van der Waals surface area contributed by atoms with Crippen molar-refractivity contribution in [1.29, 1.82) is 0 Å². The summed E-state index contributed by atoms with van der Waals surface area (Å²) in [5, 5.41) is 0.568. The average Bonchev–Trinajstić information content (AvgIpc) is 2.50.